The van der Waals surface area contributed by atoms with Crippen molar-refractivity contribution >= 4 is 55.1 Å². The third-order valence-electron chi connectivity index (χ3n) is 1.71. The molecular weight excluding hydrogens is 376 g/mol. The molecule has 0 amide bonds. The summed E-state index contributed by atoms with van der Waals surface area (Å²) in [6.07, 6.45) is 1.71. The van der Waals surface area contributed by atoms with Gasteiger partial charge >= 0.3 is 0 Å². The highest BCUT2D eigenvalue weighted by Gasteiger charge is 2.10. The van der Waals surface area contributed by atoms with Crippen LogP contribution in [0.3, 0.4) is 0 Å². The molecule has 2 aromatic heterocycles. The maximum atomic E-state index is 4.35. The van der Waals surface area contributed by atoms with Gasteiger partial charge in [0.1, 0.15) is 14.7 Å². The van der Waals surface area contributed by atoms with Crippen LogP contribution in [0.1, 0.15) is 25.6 Å². The maximum absolute atomic E-state index is 4.35. The third-order valence-corrected chi connectivity index (χ3v) is 5.66. The first-order valence-electron chi connectivity index (χ1n) is 4.48. The first-order valence-corrected chi connectivity index (χ1v) is 7.65. The van der Waals surface area contributed by atoms with Crippen LogP contribution in [0, 0.1) is 0 Å². The minimum absolute atomic E-state index is 0.344. The summed E-state index contributed by atoms with van der Waals surface area (Å²) in [5.41, 5.74) is 0. The molecule has 2 aromatic rings. The van der Waals surface area contributed by atoms with E-state index in [-0.39, 0.29) is 0 Å². The molecule has 0 aliphatic rings. The largest absolute Gasteiger partial charge is 0.220 e. The van der Waals surface area contributed by atoms with Crippen molar-refractivity contribution < 1.29 is 0 Å². The second-order valence-electron chi connectivity index (χ2n) is 3.30. The average Bonchev–Trinajstić information content (AvgIpc) is 2.76. The lowest BCUT2D eigenvalue weighted by molar-refractivity contribution is 0.774. The molecule has 8 heteroatoms. The molecule has 0 bridgehead atoms. The van der Waals surface area contributed by atoms with Gasteiger partial charge in [-0.05, 0) is 31.9 Å². The first kappa shape index (κ1) is 12.5. The molecule has 0 atom stereocenters. The molecule has 2 rings (SSSR count). The van der Waals surface area contributed by atoms with Crippen molar-refractivity contribution in [2.24, 2.45) is 0 Å². The van der Waals surface area contributed by atoms with Gasteiger partial charge in [-0.1, -0.05) is 25.2 Å². The Labute approximate surface area is 118 Å². The van der Waals surface area contributed by atoms with E-state index in [2.05, 4.69) is 60.8 Å². The summed E-state index contributed by atoms with van der Waals surface area (Å²) in [5, 5.41) is 4.35. The summed E-state index contributed by atoms with van der Waals surface area (Å²) in [6, 6.07) is 0. The van der Waals surface area contributed by atoms with Gasteiger partial charge in [-0.3, -0.25) is 0 Å². The molecule has 4 nitrogen and oxygen atoms in total. The van der Waals surface area contributed by atoms with E-state index in [4.69, 9.17) is 0 Å². The number of aromatic nitrogens is 4. The van der Waals surface area contributed by atoms with Crippen LogP contribution in [-0.2, 0) is 0 Å². The summed E-state index contributed by atoms with van der Waals surface area (Å²) in [5.74, 6) is 1.19. The summed E-state index contributed by atoms with van der Waals surface area (Å²) in [7, 11) is 0. The zero-order valence-corrected chi connectivity index (χ0v) is 13.3. The Kier molecular flexibility index (Phi) is 4.04. The Morgan fingerprint density at radius 2 is 2.19 bits per heavy atom. The van der Waals surface area contributed by atoms with Crippen molar-refractivity contribution in [2.75, 3.05) is 0 Å². The number of thiazole rings is 1. The fourth-order valence-electron chi connectivity index (χ4n) is 0.954. The van der Waals surface area contributed by atoms with Gasteiger partial charge in [0.05, 0.1) is 0 Å². The summed E-state index contributed by atoms with van der Waals surface area (Å²) < 4.78 is 4.45. The second kappa shape index (κ2) is 5.16. The number of hydrogen-bond acceptors (Lipinski definition) is 5. The predicted molar refractivity (Wildman–Crippen MR) is 72.9 cm³/mol. The molecule has 0 aliphatic heterocycles. The fraction of sp³-hybridized carbons (Fsp3) is 0.375. The van der Waals surface area contributed by atoms with E-state index < -0.39 is 0 Å². The number of hydrogen-bond donors (Lipinski definition) is 0. The second-order valence-corrected chi connectivity index (χ2v) is 7.57. The molecule has 0 N–H and O–H groups in total. The Hall–Kier alpha value is 0.0800. The Morgan fingerprint density at radius 1 is 1.44 bits per heavy atom. The molecule has 0 aromatic carbocycles. The van der Waals surface area contributed by atoms with Gasteiger partial charge in [-0.25, -0.2) is 9.97 Å². The molecule has 0 saturated heterocycles. The molecule has 0 spiro atoms. The average molecular weight is 384 g/mol. The smallest absolute Gasteiger partial charge is 0.174 e. The highest BCUT2D eigenvalue weighted by molar-refractivity contribution is 9.13. The standard InChI is InChI=1S/C8H8Br2N4S2/c1-4(2)7-11-3-14(13-7)16-8-12-5(9)6(10)15-8/h3-4H,1-2H3. The highest BCUT2D eigenvalue weighted by atomic mass is 79.9. The number of rotatable bonds is 3. The van der Waals surface area contributed by atoms with Crippen LogP contribution in [0.4, 0.5) is 0 Å². The monoisotopic (exact) mass is 382 g/mol. The van der Waals surface area contributed by atoms with Crippen LogP contribution in [0.25, 0.3) is 0 Å². The van der Waals surface area contributed by atoms with Crippen molar-refractivity contribution in [3.8, 4) is 0 Å². The fourth-order valence-corrected chi connectivity index (χ4v) is 4.04. The van der Waals surface area contributed by atoms with E-state index in [1.165, 1.54) is 11.9 Å². The first-order chi connectivity index (χ1) is 7.56. The SMILES string of the molecule is CC(C)c1ncn(Sc2nc(Br)c(Br)s2)n1. The molecule has 0 unspecified atom stereocenters. The normalized spacial score (nSPS) is 11.3. The molecule has 86 valence electrons. The van der Waals surface area contributed by atoms with Crippen LogP contribution in [0.2, 0.25) is 0 Å². The lowest BCUT2D eigenvalue weighted by Crippen LogP contribution is -1.92. The molecule has 2 heterocycles. The lowest BCUT2D eigenvalue weighted by Gasteiger charge is -1.96. The Bertz CT molecular complexity index is 474. The molecule has 0 saturated carbocycles. The summed E-state index contributed by atoms with van der Waals surface area (Å²) in [6.45, 7) is 4.14. The molecule has 0 fully saturated rings. The predicted octanol–water partition coefficient (Wildman–Crippen LogP) is 3.94. The molecule has 16 heavy (non-hydrogen) atoms. The maximum Gasteiger partial charge on any atom is 0.174 e. The van der Waals surface area contributed by atoms with Gasteiger partial charge in [0.2, 0.25) is 0 Å². The molecule has 0 radical (unpaired) electrons. The van der Waals surface area contributed by atoms with Gasteiger partial charge in [0.15, 0.2) is 10.2 Å². The van der Waals surface area contributed by atoms with Crippen molar-refractivity contribution in [2.45, 2.75) is 24.1 Å². The third kappa shape index (κ3) is 2.85. The number of nitrogens with zero attached hydrogens (tertiary/aromatic N) is 4. The van der Waals surface area contributed by atoms with Gasteiger partial charge in [-0.15, -0.1) is 5.10 Å². The van der Waals surface area contributed by atoms with E-state index in [1.807, 2.05) is 0 Å². The van der Waals surface area contributed by atoms with Crippen LogP contribution >= 0.6 is 55.1 Å². The van der Waals surface area contributed by atoms with E-state index >= 15 is 0 Å². The van der Waals surface area contributed by atoms with Gasteiger partial charge in [-0.2, -0.15) is 4.09 Å². The quantitative estimate of drug-likeness (QED) is 0.805. The van der Waals surface area contributed by atoms with E-state index in [1.54, 1.807) is 21.8 Å². The Balaban J connectivity index is 2.14. The zero-order valence-electron chi connectivity index (χ0n) is 8.52. The summed E-state index contributed by atoms with van der Waals surface area (Å²) >= 11 is 9.77. The molecule has 0 aliphatic carbocycles. The van der Waals surface area contributed by atoms with Crippen LogP contribution in [0.5, 0.6) is 0 Å². The number of halogens is 2. The van der Waals surface area contributed by atoms with Crippen molar-refractivity contribution in [3.05, 3.63) is 20.5 Å². The van der Waals surface area contributed by atoms with Gasteiger partial charge < -0.3 is 0 Å². The van der Waals surface area contributed by atoms with Crippen molar-refractivity contribution in [1.82, 2.24) is 19.2 Å². The van der Waals surface area contributed by atoms with Gasteiger partial charge in [0.25, 0.3) is 0 Å². The zero-order chi connectivity index (χ0) is 11.7. The van der Waals surface area contributed by atoms with Crippen LogP contribution in [0.15, 0.2) is 19.1 Å². The van der Waals surface area contributed by atoms with Crippen LogP contribution < -0.4 is 0 Å². The Morgan fingerprint density at radius 3 is 2.69 bits per heavy atom. The van der Waals surface area contributed by atoms with Crippen LogP contribution in [-0.4, -0.2) is 19.2 Å². The minimum Gasteiger partial charge on any atom is -0.220 e. The summed E-state index contributed by atoms with van der Waals surface area (Å²) in [4.78, 5) is 8.55. The van der Waals surface area contributed by atoms with E-state index in [9.17, 15) is 0 Å². The highest BCUT2D eigenvalue weighted by Crippen LogP contribution is 2.34. The van der Waals surface area contributed by atoms with E-state index in [0.717, 1.165) is 18.6 Å². The van der Waals surface area contributed by atoms with Crippen molar-refractivity contribution in [1.29, 1.82) is 0 Å². The minimum atomic E-state index is 0.344. The van der Waals surface area contributed by atoms with Crippen molar-refractivity contribution in [3.63, 3.8) is 0 Å². The van der Waals surface area contributed by atoms with Gasteiger partial charge in [0, 0.05) is 17.9 Å². The lowest BCUT2D eigenvalue weighted by atomic mass is 10.2. The van der Waals surface area contributed by atoms with E-state index in [0.29, 0.717) is 5.92 Å². The topological polar surface area (TPSA) is 43.6 Å². The molecular formula is C8H8Br2N4S2.